The number of ether oxygens (including phenoxy) is 1. The molecule has 1 aromatic carbocycles. The Morgan fingerprint density at radius 3 is 3.05 bits per heavy atom. The summed E-state index contributed by atoms with van der Waals surface area (Å²) in [5, 5.41) is 13.5. The number of carboxylic acid groups (broad SMARTS) is 1. The van der Waals surface area contributed by atoms with E-state index in [9.17, 15) is 4.79 Å². The summed E-state index contributed by atoms with van der Waals surface area (Å²) in [6.45, 7) is 2.49. The number of rotatable bonds is 5. The van der Waals surface area contributed by atoms with Crippen LogP contribution in [0, 0.1) is 5.92 Å². The zero-order valence-corrected chi connectivity index (χ0v) is 11.7. The lowest BCUT2D eigenvalue weighted by Crippen LogP contribution is -2.10. The first-order valence-electron chi connectivity index (χ1n) is 7.19. The van der Waals surface area contributed by atoms with Gasteiger partial charge >= 0.3 is 5.97 Å². The van der Waals surface area contributed by atoms with E-state index in [1.54, 1.807) is 6.07 Å². The minimum absolute atomic E-state index is 0.0698. The third kappa shape index (κ3) is 3.13. The molecule has 5 nitrogen and oxygen atoms in total. The number of para-hydroxylation sites is 1. The molecular weight excluding hydrogens is 268 g/mol. The summed E-state index contributed by atoms with van der Waals surface area (Å²) < 4.78 is 5.37. The Morgan fingerprint density at radius 1 is 1.43 bits per heavy atom. The molecule has 2 N–H and O–H groups in total. The van der Waals surface area contributed by atoms with E-state index in [4.69, 9.17) is 9.84 Å². The summed E-state index contributed by atoms with van der Waals surface area (Å²) in [6.07, 6.45) is 2.14. The lowest BCUT2D eigenvalue weighted by Gasteiger charge is -2.12. The fourth-order valence-corrected chi connectivity index (χ4v) is 2.65. The fraction of sp³-hybridized carbons (Fsp3) is 0.375. The van der Waals surface area contributed by atoms with Crippen molar-refractivity contribution in [2.24, 2.45) is 5.92 Å². The van der Waals surface area contributed by atoms with E-state index >= 15 is 0 Å². The minimum Gasteiger partial charge on any atom is -0.477 e. The topological polar surface area (TPSA) is 71.5 Å². The summed E-state index contributed by atoms with van der Waals surface area (Å²) in [6, 6.07) is 9.18. The Balaban J connectivity index is 1.80. The van der Waals surface area contributed by atoms with Crippen LogP contribution < -0.4 is 5.32 Å². The van der Waals surface area contributed by atoms with Crippen LogP contribution in [-0.4, -0.2) is 35.8 Å². The van der Waals surface area contributed by atoms with Gasteiger partial charge in [0.2, 0.25) is 0 Å². The second-order valence-electron chi connectivity index (χ2n) is 5.32. The predicted molar refractivity (Wildman–Crippen MR) is 80.7 cm³/mol. The number of anilines is 1. The van der Waals surface area contributed by atoms with E-state index in [2.05, 4.69) is 10.3 Å². The maximum atomic E-state index is 11.2. The highest BCUT2D eigenvalue weighted by atomic mass is 16.5. The summed E-state index contributed by atoms with van der Waals surface area (Å²) in [7, 11) is 0. The fourth-order valence-electron chi connectivity index (χ4n) is 2.65. The first-order chi connectivity index (χ1) is 10.2. The van der Waals surface area contributed by atoms with Gasteiger partial charge in [0.25, 0.3) is 0 Å². The SMILES string of the molecule is O=C(O)c1cc(NCCC2CCOC2)c2ccccc2n1. The zero-order chi connectivity index (χ0) is 14.7. The molecule has 0 spiro atoms. The number of pyridine rings is 1. The maximum Gasteiger partial charge on any atom is 0.354 e. The van der Waals surface area contributed by atoms with Gasteiger partial charge in [-0.25, -0.2) is 9.78 Å². The van der Waals surface area contributed by atoms with Gasteiger partial charge in [-0.1, -0.05) is 18.2 Å². The smallest absolute Gasteiger partial charge is 0.354 e. The van der Waals surface area contributed by atoms with Crippen LogP contribution in [0.4, 0.5) is 5.69 Å². The maximum absolute atomic E-state index is 11.2. The first-order valence-corrected chi connectivity index (χ1v) is 7.19. The number of nitrogens with one attached hydrogen (secondary N) is 1. The van der Waals surface area contributed by atoms with Crippen LogP contribution in [0.15, 0.2) is 30.3 Å². The summed E-state index contributed by atoms with van der Waals surface area (Å²) in [5.74, 6) is -0.405. The number of aromatic nitrogens is 1. The van der Waals surface area contributed by atoms with Crippen molar-refractivity contribution in [2.75, 3.05) is 25.1 Å². The number of fused-ring (bicyclic) bond motifs is 1. The predicted octanol–water partition coefficient (Wildman–Crippen LogP) is 2.77. The molecule has 5 heteroatoms. The highest BCUT2D eigenvalue weighted by molar-refractivity contribution is 5.97. The third-order valence-electron chi connectivity index (χ3n) is 3.83. The number of carbonyl (C=O) groups is 1. The van der Waals surface area contributed by atoms with Crippen molar-refractivity contribution in [2.45, 2.75) is 12.8 Å². The van der Waals surface area contributed by atoms with Gasteiger partial charge in [0.1, 0.15) is 0 Å². The molecule has 21 heavy (non-hydrogen) atoms. The van der Waals surface area contributed by atoms with E-state index in [0.29, 0.717) is 11.4 Å². The standard InChI is InChI=1S/C16H18N2O3/c19-16(20)15-9-14(12-3-1-2-4-13(12)18-15)17-7-5-11-6-8-21-10-11/h1-4,9,11H,5-8,10H2,(H,17,18)(H,19,20). The lowest BCUT2D eigenvalue weighted by atomic mass is 10.1. The molecular formula is C16H18N2O3. The van der Waals surface area contributed by atoms with Gasteiger partial charge in [0, 0.05) is 30.8 Å². The van der Waals surface area contributed by atoms with Crippen molar-refractivity contribution in [3.63, 3.8) is 0 Å². The molecule has 110 valence electrons. The molecule has 1 saturated heterocycles. The van der Waals surface area contributed by atoms with Gasteiger partial charge in [-0.3, -0.25) is 0 Å². The van der Waals surface area contributed by atoms with Gasteiger partial charge in [-0.15, -0.1) is 0 Å². The minimum atomic E-state index is -1.01. The number of nitrogens with zero attached hydrogens (tertiary/aromatic N) is 1. The average molecular weight is 286 g/mol. The van der Waals surface area contributed by atoms with Gasteiger partial charge in [0.15, 0.2) is 5.69 Å². The van der Waals surface area contributed by atoms with E-state index in [1.807, 2.05) is 24.3 Å². The van der Waals surface area contributed by atoms with Crippen molar-refractivity contribution < 1.29 is 14.6 Å². The lowest BCUT2D eigenvalue weighted by molar-refractivity contribution is 0.0691. The molecule has 1 fully saturated rings. The Kier molecular flexibility index (Phi) is 4.01. The molecule has 1 unspecified atom stereocenters. The molecule has 2 heterocycles. The largest absolute Gasteiger partial charge is 0.477 e. The first kappa shape index (κ1) is 13.8. The van der Waals surface area contributed by atoms with Crippen LogP contribution in [0.2, 0.25) is 0 Å². The van der Waals surface area contributed by atoms with E-state index < -0.39 is 5.97 Å². The molecule has 0 amide bonds. The Labute approximate surface area is 123 Å². The number of aromatic carboxylic acids is 1. The molecule has 3 rings (SSSR count). The third-order valence-corrected chi connectivity index (χ3v) is 3.83. The van der Waals surface area contributed by atoms with E-state index in [-0.39, 0.29) is 5.69 Å². The molecule has 1 aliphatic rings. The normalized spacial score (nSPS) is 18.0. The van der Waals surface area contributed by atoms with Gasteiger partial charge in [-0.2, -0.15) is 0 Å². The molecule has 0 aliphatic carbocycles. The van der Waals surface area contributed by atoms with E-state index in [1.165, 1.54) is 0 Å². The van der Waals surface area contributed by atoms with Crippen LogP contribution in [0.1, 0.15) is 23.3 Å². The van der Waals surface area contributed by atoms with Crippen molar-refractivity contribution in [1.82, 2.24) is 4.98 Å². The van der Waals surface area contributed by atoms with Crippen LogP contribution in [0.3, 0.4) is 0 Å². The molecule has 0 bridgehead atoms. The number of hydrogen-bond acceptors (Lipinski definition) is 4. The van der Waals surface area contributed by atoms with Gasteiger partial charge < -0.3 is 15.2 Å². The molecule has 1 atom stereocenters. The zero-order valence-electron chi connectivity index (χ0n) is 11.7. The van der Waals surface area contributed by atoms with Crippen molar-refractivity contribution >= 4 is 22.6 Å². The van der Waals surface area contributed by atoms with Gasteiger partial charge in [-0.05, 0) is 30.9 Å². The average Bonchev–Trinajstić information content (AvgIpc) is 3.00. The molecule has 0 radical (unpaired) electrons. The summed E-state index contributed by atoms with van der Waals surface area (Å²) >= 11 is 0. The number of benzene rings is 1. The second kappa shape index (κ2) is 6.10. The Bertz CT molecular complexity index is 651. The quantitative estimate of drug-likeness (QED) is 0.884. The number of carboxylic acids is 1. The molecule has 1 aromatic heterocycles. The molecule has 2 aromatic rings. The summed E-state index contributed by atoms with van der Waals surface area (Å²) in [5.41, 5.74) is 1.60. The van der Waals surface area contributed by atoms with Crippen molar-refractivity contribution in [1.29, 1.82) is 0 Å². The van der Waals surface area contributed by atoms with E-state index in [0.717, 1.165) is 43.7 Å². The second-order valence-corrected chi connectivity index (χ2v) is 5.32. The van der Waals surface area contributed by atoms with Crippen LogP contribution in [-0.2, 0) is 4.74 Å². The Morgan fingerprint density at radius 2 is 2.29 bits per heavy atom. The molecule has 1 aliphatic heterocycles. The van der Waals surface area contributed by atoms with Crippen molar-refractivity contribution in [3.8, 4) is 0 Å². The number of hydrogen-bond donors (Lipinski definition) is 2. The highest BCUT2D eigenvalue weighted by Crippen LogP contribution is 2.24. The van der Waals surface area contributed by atoms with Crippen molar-refractivity contribution in [3.05, 3.63) is 36.0 Å². The monoisotopic (exact) mass is 286 g/mol. The summed E-state index contributed by atoms with van der Waals surface area (Å²) in [4.78, 5) is 15.3. The van der Waals surface area contributed by atoms with Crippen LogP contribution in [0.25, 0.3) is 10.9 Å². The van der Waals surface area contributed by atoms with Crippen LogP contribution >= 0.6 is 0 Å². The van der Waals surface area contributed by atoms with Gasteiger partial charge in [0.05, 0.1) is 5.52 Å². The molecule has 0 saturated carbocycles. The Hall–Kier alpha value is -2.14. The van der Waals surface area contributed by atoms with Crippen LogP contribution in [0.5, 0.6) is 0 Å². The highest BCUT2D eigenvalue weighted by Gasteiger charge is 2.15.